The van der Waals surface area contributed by atoms with Crippen molar-refractivity contribution in [1.29, 1.82) is 0 Å². The molecule has 0 N–H and O–H groups in total. The fraction of sp³-hybridized carbons (Fsp3) is 0.400. The predicted octanol–water partition coefficient (Wildman–Crippen LogP) is 6.62. The first-order chi connectivity index (χ1) is 18.3. The summed E-state index contributed by atoms with van der Waals surface area (Å²) in [7, 11) is 1.81. The number of alkyl halides is 6. The largest absolute Gasteiger partial charge is 0.416 e. The molecule has 1 aromatic heterocycles. The van der Waals surface area contributed by atoms with Crippen molar-refractivity contribution in [3.05, 3.63) is 86.8 Å². The van der Waals surface area contributed by atoms with E-state index < -0.39 is 58.5 Å². The average Bonchev–Trinajstić information content (AvgIpc) is 3.41. The van der Waals surface area contributed by atoms with Gasteiger partial charge in [-0.2, -0.15) is 26.3 Å². The lowest BCUT2D eigenvalue weighted by atomic mass is 9.58. The summed E-state index contributed by atoms with van der Waals surface area (Å²) in [4.78, 5) is 16.6. The van der Waals surface area contributed by atoms with Crippen LogP contribution in [0.3, 0.4) is 0 Å². The Labute approximate surface area is 217 Å². The number of carbonyl (C=O) groups excluding carboxylic acids is 1. The third-order valence-electron chi connectivity index (χ3n) is 7.41. The molecule has 2 aliphatic rings. The van der Waals surface area contributed by atoms with Gasteiger partial charge in [-0.1, -0.05) is 24.2 Å². The van der Waals surface area contributed by atoms with Crippen molar-refractivity contribution in [1.82, 2.24) is 14.8 Å². The maximum absolute atomic E-state index is 14.0. The molecule has 8 nitrogen and oxygen atoms in total. The Morgan fingerprint density at radius 3 is 2.44 bits per heavy atom. The van der Waals surface area contributed by atoms with Crippen molar-refractivity contribution in [3.63, 3.8) is 0 Å². The number of aryl methyl sites for hydroxylation is 1. The zero-order valence-electron chi connectivity index (χ0n) is 20.6. The van der Waals surface area contributed by atoms with Crippen LogP contribution < -0.4 is 4.90 Å². The number of rotatable bonds is 5. The first-order valence-corrected chi connectivity index (χ1v) is 11.9. The molecule has 0 bridgehead atoms. The van der Waals surface area contributed by atoms with Crippen LogP contribution in [-0.4, -0.2) is 26.8 Å². The number of aromatic nitrogens is 3. The minimum absolute atomic E-state index is 0.298. The van der Waals surface area contributed by atoms with E-state index in [0.29, 0.717) is 23.5 Å². The van der Waals surface area contributed by atoms with Crippen molar-refractivity contribution in [2.45, 2.75) is 50.1 Å². The summed E-state index contributed by atoms with van der Waals surface area (Å²) < 4.78 is 84.4. The first-order valence-electron chi connectivity index (χ1n) is 11.9. The van der Waals surface area contributed by atoms with Crippen LogP contribution in [0, 0.1) is 5.92 Å². The van der Waals surface area contributed by atoms with E-state index in [4.69, 9.17) is 5.53 Å². The predicted molar refractivity (Wildman–Crippen MR) is 127 cm³/mol. The van der Waals surface area contributed by atoms with Crippen LogP contribution in [0.5, 0.6) is 0 Å². The molecule has 2 heterocycles. The Morgan fingerprint density at radius 2 is 1.87 bits per heavy atom. The molecule has 1 aliphatic heterocycles. The van der Waals surface area contributed by atoms with E-state index in [1.807, 2.05) is 13.1 Å². The molecule has 2 aromatic carbocycles. The number of amides is 1. The second kappa shape index (κ2) is 9.01. The van der Waals surface area contributed by atoms with Crippen LogP contribution in [0.15, 0.2) is 47.8 Å². The molecule has 1 amide bonds. The number of anilines is 1. The number of fused-ring (bicyclic) bond motifs is 1. The highest BCUT2D eigenvalue weighted by Gasteiger charge is 2.49. The Hall–Kier alpha value is -4.06. The summed E-state index contributed by atoms with van der Waals surface area (Å²) in [5.74, 6) is 0.216. The van der Waals surface area contributed by atoms with Crippen LogP contribution in [0.4, 0.5) is 32.0 Å². The van der Waals surface area contributed by atoms with Crippen LogP contribution >= 0.6 is 0 Å². The summed E-state index contributed by atoms with van der Waals surface area (Å²) in [5.41, 5.74) is 5.89. The third kappa shape index (κ3) is 4.38. The summed E-state index contributed by atoms with van der Waals surface area (Å²) in [5, 5.41) is 10.9. The van der Waals surface area contributed by atoms with E-state index in [0.717, 1.165) is 29.4 Å². The Bertz CT molecular complexity index is 1500. The number of carbonyl (C=O) groups is 1. The Balaban J connectivity index is 1.59. The molecule has 1 saturated carbocycles. The fourth-order valence-electron chi connectivity index (χ4n) is 5.79. The van der Waals surface area contributed by atoms with Crippen molar-refractivity contribution in [2.24, 2.45) is 18.1 Å². The normalized spacial score (nSPS) is 21.8. The minimum Gasteiger partial charge on any atom is -0.320 e. The molecule has 39 heavy (non-hydrogen) atoms. The molecule has 3 aromatic rings. The number of hydrogen-bond acceptors (Lipinski definition) is 4. The van der Waals surface area contributed by atoms with Gasteiger partial charge in [0.1, 0.15) is 12.2 Å². The zero-order valence-corrected chi connectivity index (χ0v) is 20.6. The van der Waals surface area contributed by atoms with Gasteiger partial charge in [0.2, 0.25) is 0 Å². The lowest BCUT2D eigenvalue weighted by Gasteiger charge is -2.46. The molecule has 14 heteroatoms. The van der Waals surface area contributed by atoms with Crippen molar-refractivity contribution in [3.8, 4) is 0 Å². The van der Waals surface area contributed by atoms with Crippen LogP contribution in [0.1, 0.15) is 64.2 Å². The van der Waals surface area contributed by atoms with Gasteiger partial charge in [-0.3, -0.25) is 4.79 Å². The topological polar surface area (TPSA) is 99.8 Å². The molecule has 1 fully saturated rings. The number of benzene rings is 2. The average molecular weight is 549 g/mol. The Kier molecular flexibility index (Phi) is 6.13. The van der Waals surface area contributed by atoms with Gasteiger partial charge >= 0.3 is 12.4 Å². The minimum atomic E-state index is -5.16. The highest BCUT2D eigenvalue weighted by molar-refractivity contribution is 6.10. The maximum Gasteiger partial charge on any atom is 0.416 e. The van der Waals surface area contributed by atoms with E-state index in [1.54, 1.807) is 29.1 Å². The van der Waals surface area contributed by atoms with Gasteiger partial charge in [0.25, 0.3) is 5.91 Å². The molecule has 5 rings (SSSR count). The second-order valence-corrected chi connectivity index (χ2v) is 10.0. The first kappa shape index (κ1) is 26.5. The molecular weight excluding hydrogens is 528 g/mol. The quantitative estimate of drug-likeness (QED) is 0.155. The molecular formula is C25H21F6N7O. The summed E-state index contributed by atoms with van der Waals surface area (Å²) >= 11 is 0. The van der Waals surface area contributed by atoms with E-state index in [2.05, 4.69) is 27.1 Å². The fourth-order valence-corrected chi connectivity index (χ4v) is 5.79. The highest BCUT2D eigenvalue weighted by Crippen LogP contribution is 2.52. The van der Waals surface area contributed by atoms with Crippen LogP contribution in [0.25, 0.3) is 10.4 Å². The molecule has 1 atom stereocenters. The second-order valence-electron chi connectivity index (χ2n) is 10.0. The Morgan fingerprint density at radius 1 is 1.15 bits per heavy atom. The summed E-state index contributed by atoms with van der Waals surface area (Å²) in [6, 6.07) is 4.95. The lowest BCUT2D eigenvalue weighted by Crippen LogP contribution is -2.43. The zero-order chi connectivity index (χ0) is 28.3. The number of nitrogens with zero attached hydrogens (tertiary/aromatic N) is 7. The van der Waals surface area contributed by atoms with Gasteiger partial charge < -0.3 is 9.47 Å². The van der Waals surface area contributed by atoms with Crippen LogP contribution in [0.2, 0.25) is 0 Å². The van der Waals surface area contributed by atoms with Gasteiger partial charge in [0.05, 0.1) is 17.5 Å². The van der Waals surface area contributed by atoms with Crippen molar-refractivity contribution < 1.29 is 31.1 Å². The number of halogens is 6. The van der Waals surface area contributed by atoms with Crippen molar-refractivity contribution in [2.75, 3.05) is 4.90 Å². The standard InChI is InChI=1S/C25H21F6N7O/c1-13-9-23(10-13,22-35-33-12-37(22)2)15-4-3-5-16(8-15)38-11-18-17(21(38)39)6-14(7-19(18)24(26,27)28)20(34-36-32)25(29,30)31/h3-8,12-13,20H,9-11H2,1-2H3. The molecule has 204 valence electrons. The van der Waals surface area contributed by atoms with E-state index in [-0.39, 0.29) is 0 Å². The molecule has 1 unspecified atom stereocenters. The van der Waals surface area contributed by atoms with Gasteiger partial charge in [-0.25, -0.2) is 0 Å². The third-order valence-corrected chi connectivity index (χ3v) is 7.41. The SMILES string of the molecule is CC1CC(c2cccc(N3Cc4c(cc(C(N=[N+]=[N-])C(F)(F)F)cc4C(F)(F)F)C3=O)c2)(c2nncn2C)C1. The molecule has 0 spiro atoms. The number of hydrogen-bond donors (Lipinski definition) is 0. The van der Waals surface area contributed by atoms with Gasteiger partial charge in [0.15, 0.2) is 6.04 Å². The number of azide groups is 1. The summed E-state index contributed by atoms with van der Waals surface area (Å²) in [6.07, 6.45) is -7.14. The monoisotopic (exact) mass is 549 g/mol. The van der Waals surface area contributed by atoms with E-state index in [1.165, 1.54) is 0 Å². The van der Waals surface area contributed by atoms with Gasteiger partial charge in [-0.15, -0.1) is 10.2 Å². The summed E-state index contributed by atoms with van der Waals surface area (Å²) in [6.45, 7) is 1.60. The smallest absolute Gasteiger partial charge is 0.320 e. The van der Waals surface area contributed by atoms with Crippen LogP contribution in [-0.2, 0) is 25.2 Å². The van der Waals surface area contributed by atoms with E-state index in [9.17, 15) is 31.1 Å². The molecule has 0 radical (unpaired) electrons. The molecule has 0 saturated heterocycles. The van der Waals surface area contributed by atoms with Gasteiger partial charge in [-0.05, 0) is 65.2 Å². The van der Waals surface area contributed by atoms with Crippen molar-refractivity contribution >= 4 is 11.6 Å². The lowest BCUT2D eigenvalue weighted by molar-refractivity contribution is -0.150. The molecule has 1 aliphatic carbocycles. The highest BCUT2D eigenvalue weighted by atomic mass is 19.4. The maximum atomic E-state index is 14.0. The van der Waals surface area contributed by atoms with E-state index >= 15 is 0 Å². The van der Waals surface area contributed by atoms with Gasteiger partial charge in [0, 0.05) is 23.2 Å².